The van der Waals surface area contributed by atoms with Crippen molar-refractivity contribution in [3.8, 4) is 5.75 Å². The van der Waals surface area contributed by atoms with E-state index in [2.05, 4.69) is 5.32 Å². The molecule has 1 unspecified atom stereocenters. The maximum absolute atomic E-state index is 13.0. The molecule has 1 N–H and O–H groups in total. The number of carbonyl (C=O) groups is 1. The van der Waals surface area contributed by atoms with Crippen LogP contribution in [0.5, 0.6) is 5.75 Å². The molecule has 0 bridgehead atoms. The molecule has 2 aromatic rings. The number of nitrogens with zero attached hydrogens (tertiary/aromatic N) is 1. The molecule has 2 amide bonds. The lowest BCUT2D eigenvalue weighted by Crippen LogP contribution is -2.38. The van der Waals surface area contributed by atoms with Crippen LogP contribution >= 0.6 is 0 Å². The van der Waals surface area contributed by atoms with Crippen molar-refractivity contribution < 1.29 is 13.9 Å². The molecular formula is C19H23FN2O2. The Bertz CT molecular complexity index is 656. The molecule has 128 valence electrons. The molecule has 0 radical (unpaired) electrons. The molecule has 0 saturated heterocycles. The number of amides is 2. The molecule has 0 aliphatic rings. The summed E-state index contributed by atoms with van der Waals surface area (Å²) in [6.07, 6.45) is 0. The fraction of sp³-hybridized carbons (Fsp3) is 0.316. The Balaban J connectivity index is 1.90. The van der Waals surface area contributed by atoms with Gasteiger partial charge in [0, 0.05) is 13.6 Å². The third kappa shape index (κ3) is 4.98. The van der Waals surface area contributed by atoms with Gasteiger partial charge in [-0.25, -0.2) is 9.18 Å². The van der Waals surface area contributed by atoms with Gasteiger partial charge in [0.25, 0.3) is 0 Å². The van der Waals surface area contributed by atoms with Crippen molar-refractivity contribution in [3.05, 3.63) is 65.5 Å². The molecule has 0 aliphatic carbocycles. The lowest BCUT2D eigenvalue weighted by Gasteiger charge is -2.22. The zero-order valence-corrected chi connectivity index (χ0v) is 14.3. The fourth-order valence-electron chi connectivity index (χ4n) is 2.33. The number of rotatable bonds is 6. The van der Waals surface area contributed by atoms with E-state index in [0.717, 1.165) is 16.9 Å². The van der Waals surface area contributed by atoms with Crippen LogP contribution in [0.1, 0.15) is 31.0 Å². The van der Waals surface area contributed by atoms with Gasteiger partial charge in [-0.2, -0.15) is 0 Å². The van der Waals surface area contributed by atoms with Crippen LogP contribution < -0.4 is 10.1 Å². The maximum Gasteiger partial charge on any atom is 0.317 e. The summed E-state index contributed by atoms with van der Waals surface area (Å²) in [5.41, 5.74) is 1.88. The van der Waals surface area contributed by atoms with Gasteiger partial charge in [-0.3, -0.25) is 0 Å². The Morgan fingerprint density at radius 2 is 1.79 bits per heavy atom. The zero-order chi connectivity index (χ0) is 17.5. The van der Waals surface area contributed by atoms with Crippen LogP contribution in [0.4, 0.5) is 9.18 Å². The average molecular weight is 330 g/mol. The first-order valence-electron chi connectivity index (χ1n) is 7.98. The maximum atomic E-state index is 13.0. The molecule has 0 fully saturated rings. The Morgan fingerprint density at radius 1 is 1.17 bits per heavy atom. The summed E-state index contributed by atoms with van der Waals surface area (Å²) in [6.45, 7) is 4.93. The van der Waals surface area contributed by atoms with Gasteiger partial charge in [0.1, 0.15) is 11.6 Å². The number of benzene rings is 2. The highest BCUT2D eigenvalue weighted by Gasteiger charge is 2.13. The summed E-state index contributed by atoms with van der Waals surface area (Å²) >= 11 is 0. The summed E-state index contributed by atoms with van der Waals surface area (Å²) in [7, 11) is 1.74. The fourth-order valence-corrected chi connectivity index (χ4v) is 2.33. The SMILES string of the molecule is CCOc1ccc(CN(C)C(=O)NC(C)c2ccc(F)cc2)cc1. The summed E-state index contributed by atoms with van der Waals surface area (Å²) < 4.78 is 18.4. The number of carbonyl (C=O) groups excluding carboxylic acids is 1. The van der Waals surface area contributed by atoms with Crippen molar-refractivity contribution >= 4 is 6.03 Å². The molecule has 0 aliphatic heterocycles. The van der Waals surface area contributed by atoms with Crippen LogP contribution in [0.15, 0.2) is 48.5 Å². The second-order valence-electron chi connectivity index (χ2n) is 5.66. The largest absolute Gasteiger partial charge is 0.494 e. The van der Waals surface area contributed by atoms with Crippen LogP contribution in [0.3, 0.4) is 0 Å². The highest BCUT2D eigenvalue weighted by Crippen LogP contribution is 2.15. The van der Waals surface area contributed by atoms with Crippen molar-refractivity contribution in [2.45, 2.75) is 26.4 Å². The summed E-state index contributed by atoms with van der Waals surface area (Å²) in [6, 6.07) is 13.4. The van der Waals surface area contributed by atoms with E-state index in [-0.39, 0.29) is 17.9 Å². The standard InChI is InChI=1S/C19H23FN2O2/c1-4-24-18-11-5-15(6-12-18)13-22(3)19(23)21-14(2)16-7-9-17(20)10-8-16/h5-12,14H,4,13H2,1-3H3,(H,21,23). The van der Waals surface area contributed by atoms with E-state index in [0.29, 0.717) is 13.2 Å². The van der Waals surface area contributed by atoms with Gasteiger partial charge < -0.3 is 15.0 Å². The lowest BCUT2D eigenvalue weighted by atomic mass is 10.1. The van der Waals surface area contributed by atoms with E-state index in [1.165, 1.54) is 12.1 Å². The molecule has 0 saturated carbocycles. The van der Waals surface area contributed by atoms with E-state index >= 15 is 0 Å². The van der Waals surface area contributed by atoms with Crippen molar-refractivity contribution in [2.75, 3.05) is 13.7 Å². The highest BCUT2D eigenvalue weighted by atomic mass is 19.1. The Kier molecular flexibility index (Phi) is 6.18. The van der Waals surface area contributed by atoms with Crippen molar-refractivity contribution in [1.82, 2.24) is 10.2 Å². The van der Waals surface area contributed by atoms with Crippen LogP contribution in [-0.4, -0.2) is 24.6 Å². The number of hydrogen-bond acceptors (Lipinski definition) is 2. The van der Waals surface area contributed by atoms with E-state index < -0.39 is 0 Å². The summed E-state index contributed by atoms with van der Waals surface area (Å²) in [5, 5.41) is 2.91. The third-order valence-electron chi connectivity index (χ3n) is 3.71. The van der Waals surface area contributed by atoms with E-state index in [9.17, 15) is 9.18 Å². The van der Waals surface area contributed by atoms with Gasteiger partial charge in [0.2, 0.25) is 0 Å². The number of urea groups is 1. The van der Waals surface area contributed by atoms with Crippen molar-refractivity contribution in [2.24, 2.45) is 0 Å². The smallest absolute Gasteiger partial charge is 0.317 e. The van der Waals surface area contributed by atoms with Gasteiger partial charge in [-0.1, -0.05) is 24.3 Å². The van der Waals surface area contributed by atoms with Gasteiger partial charge in [-0.05, 0) is 49.2 Å². The number of hydrogen-bond donors (Lipinski definition) is 1. The monoisotopic (exact) mass is 330 g/mol. The number of nitrogens with one attached hydrogen (secondary N) is 1. The highest BCUT2D eigenvalue weighted by molar-refractivity contribution is 5.74. The zero-order valence-electron chi connectivity index (χ0n) is 14.3. The molecule has 2 aromatic carbocycles. The van der Waals surface area contributed by atoms with Crippen LogP contribution in [0.2, 0.25) is 0 Å². The minimum atomic E-state index is -0.287. The summed E-state index contributed by atoms with van der Waals surface area (Å²) in [4.78, 5) is 13.9. The number of ether oxygens (including phenoxy) is 1. The van der Waals surface area contributed by atoms with Gasteiger partial charge in [0.15, 0.2) is 0 Å². The minimum Gasteiger partial charge on any atom is -0.494 e. The van der Waals surface area contributed by atoms with E-state index in [1.54, 1.807) is 24.1 Å². The van der Waals surface area contributed by atoms with Gasteiger partial charge in [-0.15, -0.1) is 0 Å². The lowest BCUT2D eigenvalue weighted by molar-refractivity contribution is 0.203. The third-order valence-corrected chi connectivity index (χ3v) is 3.71. The quantitative estimate of drug-likeness (QED) is 0.865. The Hall–Kier alpha value is -2.56. The molecule has 2 rings (SSSR count). The second-order valence-corrected chi connectivity index (χ2v) is 5.66. The predicted octanol–water partition coefficient (Wildman–Crippen LogP) is 4.13. The Morgan fingerprint density at radius 3 is 2.38 bits per heavy atom. The van der Waals surface area contributed by atoms with Crippen molar-refractivity contribution in [3.63, 3.8) is 0 Å². The van der Waals surface area contributed by atoms with Crippen LogP contribution in [-0.2, 0) is 6.54 Å². The minimum absolute atomic E-state index is 0.180. The second kappa shape index (κ2) is 8.34. The van der Waals surface area contributed by atoms with E-state index in [1.807, 2.05) is 38.1 Å². The van der Waals surface area contributed by atoms with Gasteiger partial charge >= 0.3 is 6.03 Å². The van der Waals surface area contributed by atoms with Crippen LogP contribution in [0, 0.1) is 5.82 Å². The molecule has 0 spiro atoms. The first kappa shape index (κ1) is 17.8. The molecule has 0 heterocycles. The predicted molar refractivity (Wildman–Crippen MR) is 92.4 cm³/mol. The Labute approximate surface area is 142 Å². The van der Waals surface area contributed by atoms with Crippen molar-refractivity contribution in [1.29, 1.82) is 0 Å². The molecule has 4 nitrogen and oxygen atoms in total. The molecule has 24 heavy (non-hydrogen) atoms. The molecule has 5 heteroatoms. The first-order valence-corrected chi connectivity index (χ1v) is 7.98. The van der Waals surface area contributed by atoms with Crippen LogP contribution in [0.25, 0.3) is 0 Å². The van der Waals surface area contributed by atoms with Gasteiger partial charge in [0.05, 0.1) is 12.6 Å². The topological polar surface area (TPSA) is 41.6 Å². The molecule has 1 atom stereocenters. The summed E-state index contributed by atoms with van der Waals surface area (Å²) in [5.74, 6) is 0.531. The van der Waals surface area contributed by atoms with E-state index in [4.69, 9.17) is 4.74 Å². The number of halogens is 1. The molecular weight excluding hydrogens is 307 g/mol. The molecule has 0 aromatic heterocycles. The average Bonchev–Trinajstić information content (AvgIpc) is 2.57. The first-order chi connectivity index (χ1) is 11.5. The normalized spacial score (nSPS) is 11.7.